The van der Waals surface area contributed by atoms with Gasteiger partial charge in [0.1, 0.15) is 18.1 Å². The summed E-state index contributed by atoms with van der Waals surface area (Å²) < 4.78 is 0. The smallest absolute Gasteiger partial charge is 0.326 e. The third-order valence-corrected chi connectivity index (χ3v) is 5.75. The van der Waals surface area contributed by atoms with Gasteiger partial charge in [0, 0.05) is 18.3 Å². The first-order valence-electron chi connectivity index (χ1n) is 11.7. The standard InChI is InChI=1S/C23H40N6O5/c1-7-14(6)19(23(33)34)29-21(31)17(9-15-10-25-11-26-15)27-20(30)16(8-12(2)3)28-22(32)18(24)13(4)5/h10-14,16-19H,7-9,24H2,1-6H3,(H,25,26)(H,27,30)(H,28,32)(H,29,31)(H,33,34). The van der Waals surface area contributed by atoms with Gasteiger partial charge in [0.2, 0.25) is 17.7 Å². The number of carboxylic acids is 1. The molecule has 0 aliphatic rings. The number of carbonyl (C=O) groups is 4. The van der Waals surface area contributed by atoms with E-state index in [0.29, 0.717) is 18.5 Å². The number of nitrogens with one attached hydrogen (secondary N) is 4. The van der Waals surface area contributed by atoms with Crippen LogP contribution in [0.15, 0.2) is 12.5 Å². The Bertz CT molecular complexity index is 811. The predicted octanol–water partition coefficient (Wildman–Crippen LogP) is 0.567. The first kappa shape index (κ1) is 29.1. The summed E-state index contributed by atoms with van der Waals surface area (Å²) in [4.78, 5) is 57.3. The van der Waals surface area contributed by atoms with Crippen LogP contribution < -0.4 is 21.7 Å². The van der Waals surface area contributed by atoms with E-state index in [1.54, 1.807) is 6.92 Å². The highest BCUT2D eigenvalue weighted by Gasteiger charge is 2.32. The maximum atomic E-state index is 13.2. The lowest BCUT2D eigenvalue weighted by molar-refractivity contribution is -0.143. The monoisotopic (exact) mass is 480 g/mol. The summed E-state index contributed by atoms with van der Waals surface area (Å²) in [6, 6.07) is -3.87. The summed E-state index contributed by atoms with van der Waals surface area (Å²) in [5.41, 5.74) is 6.51. The van der Waals surface area contributed by atoms with Crippen LogP contribution in [0.25, 0.3) is 0 Å². The lowest BCUT2D eigenvalue weighted by Gasteiger charge is -2.27. The van der Waals surface area contributed by atoms with Gasteiger partial charge >= 0.3 is 5.97 Å². The zero-order chi connectivity index (χ0) is 26.0. The zero-order valence-electron chi connectivity index (χ0n) is 20.9. The molecule has 1 aromatic heterocycles. The Morgan fingerprint density at radius 2 is 1.59 bits per heavy atom. The van der Waals surface area contributed by atoms with Crippen LogP contribution in [-0.2, 0) is 25.6 Å². The molecule has 0 aliphatic heterocycles. The normalized spacial score (nSPS) is 15.8. The molecule has 5 atom stereocenters. The van der Waals surface area contributed by atoms with Crippen LogP contribution in [0.4, 0.5) is 0 Å². The van der Waals surface area contributed by atoms with E-state index in [9.17, 15) is 24.3 Å². The van der Waals surface area contributed by atoms with Crippen molar-refractivity contribution < 1.29 is 24.3 Å². The second-order valence-corrected chi connectivity index (χ2v) is 9.51. The predicted molar refractivity (Wildman–Crippen MR) is 127 cm³/mol. The van der Waals surface area contributed by atoms with E-state index in [1.807, 2.05) is 34.6 Å². The number of nitrogens with zero attached hydrogens (tertiary/aromatic N) is 1. The van der Waals surface area contributed by atoms with Crippen molar-refractivity contribution in [3.8, 4) is 0 Å². The average molecular weight is 481 g/mol. The lowest BCUT2D eigenvalue weighted by Crippen LogP contribution is -2.58. The molecule has 11 nitrogen and oxygen atoms in total. The number of hydrogen-bond acceptors (Lipinski definition) is 6. The summed E-state index contributed by atoms with van der Waals surface area (Å²) in [5.74, 6) is -3.13. The van der Waals surface area contributed by atoms with Crippen LogP contribution in [0.3, 0.4) is 0 Å². The highest BCUT2D eigenvalue weighted by atomic mass is 16.4. The number of aromatic nitrogens is 2. The van der Waals surface area contributed by atoms with Gasteiger partial charge in [-0.3, -0.25) is 14.4 Å². The fourth-order valence-electron chi connectivity index (χ4n) is 3.31. The molecule has 0 aliphatic carbocycles. The number of rotatable bonds is 14. The van der Waals surface area contributed by atoms with E-state index in [0.717, 1.165) is 0 Å². The average Bonchev–Trinajstić information content (AvgIpc) is 3.27. The summed E-state index contributed by atoms with van der Waals surface area (Å²) in [5, 5.41) is 17.5. The number of carboxylic acid groups (broad SMARTS) is 1. The highest BCUT2D eigenvalue weighted by molar-refractivity contribution is 5.94. The molecule has 7 N–H and O–H groups in total. The van der Waals surface area contributed by atoms with Crippen molar-refractivity contribution in [2.45, 2.75) is 85.0 Å². The van der Waals surface area contributed by atoms with Gasteiger partial charge in [-0.15, -0.1) is 0 Å². The fraction of sp³-hybridized carbons (Fsp3) is 0.696. The zero-order valence-corrected chi connectivity index (χ0v) is 20.9. The van der Waals surface area contributed by atoms with Gasteiger partial charge in [-0.25, -0.2) is 9.78 Å². The first-order chi connectivity index (χ1) is 15.9. The van der Waals surface area contributed by atoms with Crippen molar-refractivity contribution in [1.82, 2.24) is 25.9 Å². The van der Waals surface area contributed by atoms with Gasteiger partial charge in [0.25, 0.3) is 0 Å². The molecule has 1 heterocycles. The molecule has 0 aromatic carbocycles. The molecule has 0 bridgehead atoms. The van der Waals surface area contributed by atoms with Gasteiger partial charge in [-0.05, 0) is 24.2 Å². The van der Waals surface area contributed by atoms with Crippen molar-refractivity contribution in [3.05, 3.63) is 18.2 Å². The molecule has 1 rings (SSSR count). The Balaban J connectivity index is 3.10. The Labute approximate surface area is 201 Å². The van der Waals surface area contributed by atoms with Crippen LogP contribution in [0, 0.1) is 17.8 Å². The minimum Gasteiger partial charge on any atom is -0.480 e. The number of imidazole rings is 1. The number of H-pyrrole nitrogens is 1. The number of aromatic amines is 1. The maximum absolute atomic E-state index is 13.2. The number of aliphatic carboxylic acids is 1. The maximum Gasteiger partial charge on any atom is 0.326 e. The molecule has 0 spiro atoms. The van der Waals surface area contributed by atoms with E-state index in [4.69, 9.17) is 5.73 Å². The molecule has 1 aromatic rings. The van der Waals surface area contributed by atoms with Crippen LogP contribution in [-0.4, -0.2) is 62.9 Å². The van der Waals surface area contributed by atoms with Gasteiger partial charge in [-0.1, -0.05) is 48.0 Å². The summed E-state index contributed by atoms with van der Waals surface area (Å²) in [7, 11) is 0. The van der Waals surface area contributed by atoms with E-state index in [1.165, 1.54) is 12.5 Å². The molecule has 0 radical (unpaired) electrons. The number of carbonyl (C=O) groups excluding carboxylic acids is 3. The molecule has 0 saturated carbocycles. The molecular weight excluding hydrogens is 440 g/mol. The van der Waals surface area contributed by atoms with Gasteiger partial charge in [0.15, 0.2) is 0 Å². The second-order valence-electron chi connectivity index (χ2n) is 9.51. The third-order valence-electron chi connectivity index (χ3n) is 5.75. The van der Waals surface area contributed by atoms with Crippen LogP contribution in [0.1, 0.15) is 60.1 Å². The Morgan fingerprint density at radius 1 is 1.00 bits per heavy atom. The minimum atomic E-state index is -1.15. The summed E-state index contributed by atoms with van der Waals surface area (Å²) in [6.45, 7) is 11.0. The molecule has 5 unspecified atom stereocenters. The van der Waals surface area contributed by atoms with Crippen molar-refractivity contribution in [1.29, 1.82) is 0 Å². The third kappa shape index (κ3) is 9.12. The van der Waals surface area contributed by atoms with E-state index >= 15 is 0 Å². The quantitative estimate of drug-likeness (QED) is 0.225. The molecule has 192 valence electrons. The largest absolute Gasteiger partial charge is 0.480 e. The highest BCUT2D eigenvalue weighted by Crippen LogP contribution is 2.11. The lowest BCUT2D eigenvalue weighted by atomic mass is 9.98. The van der Waals surface area contributed by atoms with E-state index < -0.39 is 47.9 Å². The Kier molecular flexibility index (Phi) is 11.7. The molecule has 34 heavy (non-hydrogen) atoms. The first-order valence-corrected chi connectivity index (χ1v) is 11.7. The Hall–Kier alpha value is -2.95. The summed E-state index contributed by atoms with van der Waals surface area (Å²) >= 11 is 0. The molecular formula is C23H40N6O5. The van der Waals surface area contributed by atoms with Crippen molar-refractivity contribution >= 4 is 23.7 Å². The summed E-state index contributed by atoms with van der Waals surface area (Å²) in [6.07, 6.45) is 3.92. The van der Waals surface area contributed by atoms with Gasteiger partial charge in [0.05, 0.1) is 12.4 Å². The topological polar surface area (TPSA) is 179 Å². The number of hydrogen-bond donors (Lipinski definition) is 6. The van der Waals surface area contributed by atoms with E-state index in [-0.39, 0.29) is 24.2 Å². The van der Waals surface area contributed by atoms with Crippen molar-refractivity contribution in [2.75, 3.05) is 0 Å². The van der Waals surface area contributed by atoms with Crippen LogP contribution in [0.2, 0.25) is 0 Å². The molecule has 3 amide bonds. The van der Waals surface area contributed by atoms with Crippen molar-refractivity contribution in [2.24, 2.45) is 23.5 Å². The molecule has 0 fully saturated rings. The fourth-order valence-corrected chi connectivity index (χ4v) is 3.31. The number of amides is 3. The van der Waals surface area contributed by atoms with Gasteiger partial charge < -0.3 is 31.8 Å². The Morgan fingerprint density at radius 3 is 2.06 bits per heavy atom. The minimum absolute atomic E-state index is 0.0677. The van der Waals surface area contributed by atoms with Crippen LogP contribution >= 0.6 is 0 Å². The van der Waals surface area contributed by atoms with Crippen LogP contribution in [0.5, 0.6) is 0 Å². The van der Waals surface area contributed by atoms with E-state index in [2.05, 4.69) is 25.9 Å². The SMILES string of the molecule is CCC(C)C(NC(=O)C(Cc1cnc[nH]1)NC(=O)C(CC(C)C)NC(=O)C(N)C(C)C)C(=O)O. The number of nitrogens with two attached hydrogens (primary N) is 1. The van der Waals surface area contributed by atoms with Crippen molar-refractivity contribution in [3.63, 3.8) is 0 Å². The second kappa shape index (κ2) is 13.7. The van der Waals surface area contributed by atoms with Gasteiger partial charge in [-0.2, -0.15) is 0 Å². The molecule has 11 heteroatoms. The molecule has 0 saturated heterocycles.